The number of nitrogens with one attached hydrogen (secondary N) is 2. The average Bonchev–Trinajstić information content (AvgIpc) is 2.62. The van der Waals surface area contributed by atoms with Gasteiger partial charge in [0.05, 0.1) is 13.2 Å². The minimum atomic E-state index is -0.606. The van der Waals surface area contributed by atoms with Gasteiger partial charge >= 0.3 is 0 Å². The average molecular weight is 347 g/mol. The van der Waals surface area contributed by atoms with E-state index in [0.717, 1.165) is 11.3 Å². The lowest BCUT2D eigenvalue weighted by atomic mass is 10.0. The van der Waals surface area contributed by atoms with Crippen LogP contribution in [-0.4, -0.2) is 55.6 Å². The Morgan fingerprint density at radius 2 is 2.00 bits per heavy atom. The number of carbonyl (C=O) groups is 2. The summed E-state index contributed by atoms with van der Waals surface area (Å²) >= 11 is 0. The summed E-state index contributed by atoms with van der Waals surface area (Å²) < 4.78 is 5.46. The van der Waals surface area contributed by atoms with Gasteiger partial charge in [0, 0.05) is 30.9 Å². The molecule has 0 spiro atoms. The highest BCUT2D eigenvalue weighted by molar-refractivity contribution is 5.97. The maximum Gasteiger partial charge on any atom is 0.254 e. The zero-order valence-corrected chi connectivity index (χ0v) is 15.8. The van der Waals surface area contributed by atoms with Crippen LogP contribution in [0.2, 0.25) is 0 Å². The van der Waals surface area contributed by atoms with Crippen LogP contribution in [0.25, 0.3) is 0 Å². The highest BCUT2D eigenvalue weighted by atomic mass is 16.5. The fourth-order valence-corrected chi connectivity index (χ4v) is 2.76. The van der Waals surface area contributed by atoms with E-state index in [0.29, 0.717) is 30.7 Å². The fraction of sp³-hybridized carbons (Fsp3) is 0.579. The molecule has 1 saturated heterocycles. The van der Waals surface area contributed by atoms with Gasteiger partial charge in [-0.1, -0.05) is 19.9 Å². The number of hydrogen-bond acceptors (Lipinski definition) is 4. The van der Waals surface area contributed by atoms with E-state index < -0.39 is 6.10 Å². The molecule has 0 aliphatic carbocycles. The van der Waals surface area contributed by atoms with E-state index in [4.69, 9.17) is 4.74 Å². The lowest BCUT2D eigenvalue weighted by Gasteiger charge is -2.32. The first-order valence-corrected chi connectivity index (χ1v) is 8.83. The van der Waals surface area contributed by atoms with Gasteiger partial charge in [-0.15, -0.1) is 0 Å². The molecule has 1 aromatic carbocycles. The van der Waals surface area contributed by atoms with Crippen molar-refractivity contribution in [2.45, 2.75) is 39.8 Å². The second-order valence-electron chi connectivity index (χ2n) is 6.88. The van der Waals surface area contributed by atoms with Gasteiger partial charge in [0.1, 0.15) is 0 Å². The lowest BCUT2D eigenvalue weighted by Crippen LogP contribution is -2.51. The molecule has 2 unspecified atom stereocenters. The molecule has 6 nitrogen and oxygen atoms in total. The number of ether oxygens (including phenoxy) is 1. The molecule has 6 heteroatoms. The largest absolute Gasteiger partial charge is 0.382 e. The zero-order valence-electron chi connectivity index (χ0n) is 15.8. The zero-order chi connectivity index (χ0) is 18.6. The summed E-state index contributed by atoms with van der Waals surface area (Å²) in [6.45, 7) is 9.55. The van der Waals surface area contributed by atoms with E-state index in [1.54, 1.807) is 11.9 Å². The van der Waals surface area contributed by atoms with Crippen LogP contribution in [0.4, 0.5) is 5.69 Å². The molecule has 2 amide bonds. The van der Waals surface area contributed by atoms with E-state index in [1.165, 1.54) is 0 Å². The van der Waals surface area contributed by atoms with Crippen LogP contribution in [0.5, 0.6) is 0 Å². The maximum atomic E-state index is 13.0. The van der Waals surface area contributed by atoms with E-state index in [1.807, 2.05) is 25.1 Å². The predicted octanol–water partition coefficient (Wildman–Crippen LogP) is 2.04. The highest BCUT2D eigenvalue weighted by Crippen LogP contribution is 2.23. The molecule has 1 aromatic rings. The number of rotatable bonds is 5. The molecule has 2 N–H and O–H groups in total. The molecular weight excluding hydrogens is 318 g/mol. The summed E-state index contributed by atoms with van der Waals surface area (Å²) in [6, 6.07) is 6.04. The van der Waals surface area contributed by atoms with E-state index in [2.05, 4.69) is 31.4 Å². The number of carbonyl (C=O) groups excluding carboxylic acids is 2. The van der Waals surface area contributed by atoms with Crippen LogP contribution in [0, 0.1) is 12.8 Å². The van der Waals surface area contributed by atoms with Gasteiger partial charge in [-0.25, -0.2) is 0 Å². The van der Waals surface area contributed by atoms with Crippen molar-refractivity contribution < 1.29 is 14.3 Å². The Labute approximate surface area is 149 Å². The van der Waals surface area contributed by atoms with Crippen molar-refractivity contribution in [3.8, 4) is 0 Å². The molecule has 1 aliphatic heterocycles. The number of amides is 2. The van der Waals surface area contributed by atoms with Crippen LogP contribution in [0.1, 0.15) is 36.7 Å². The van der Waals surface area contributed by atoms with Gasteiger partial charge in [0.15, 0.2) is 6.10 Å². The highest BCUT2D eigenvalue weighted by Gasteiger charge is 2.30. The van der Waals surface area contributed by atoms with Crippen molar-refractivity contribution in [3.63, 3.8) is 0 Å². The molecule has 0 radical (unpaired) electrons. The first-order valence-electron chi connectivity index (χ1n) is 8.83. The normalized spacial score (nSPS) is 18.8. The summed E-state index contributed by atoms with van der Waals surface area (Å²) in [7, 11) is 1.57. The summed E-state index contributed by atoms with van der Waals surface area (Å²) in [5, 5.41) is 6.06. The predicted molar refractivity (Wildman–Crippen MR) is 98.8 cm³/mol. The third-order valence-corrected chi connectivity index (χ3v) is 4.84. The molecule has 2 atom stereocenters. The number of hydrogen-bond donors (Lipinski definition) is 2. The van der Waals surface area contributed by atoms with Gasteiger partial charge in [-0.05, 0) is 37.5 Å². The summed E-state index contributed by atoms with van der Waals surface area (Å²) in [5.41, 5.74) is 2.57. The second kappa shape index (κ2) is 8.34. The van der Waals surface area contributed by atoms with Crippen LogP contribution < -0.4 is 10.6 Å². The van der Waals surface area contributed by atoms with Crippen LogP contribution in [-0.2, 0) is 9.53 Å². The van der Waals surface area contributed by atoms with E-state index >= 15 is 0 Å². The van der Waals surface area contributed by atoms with Gasteiger partial charge in [-0.2, -0.15) is 0 Å². The Balaban J connectivity index is 2.17. The molecule has 1 fully saturated rings. The molecule has 138 valence electrons. The molecule has 25 heavy (non-hydrogen) atoms. The number of likely N-dealkylation sites (N-methyl/N-ethyl adjacent to an activating group) is 1. The monoisotopic (exact) mass is 347 g/mol. The van der Waals surface area contributed by atoms with E-state index in [9.17, 15) is 9.59 Å². The summed E-state index contributed by atoms with van der Waals surface area (Å²) in [5.74, 6) is 0.234. The molecule has 1 heterocycles. The number of benzene rings is 1. The third kappa shape index (κ3) is 4.51. The van der Waals surface area contributed by atoms with Crippen molar-refractivity contribution >= 4 is 17.5 Å². The summed E-state index contributed by atoms with van der Waals surface area (Å²) in [4.78, 5) is 26.4. The molecular formula is C19H29N3O3. The van der Waals surface area contributed by atoms with Crippen molar-refractivity contribution in [2.24, 2.45) is 5.92 Å². The lowest BCUT2D eigenvalue weighted by molar-refractivity contribution is -0.136. The standard InChI is InChI=1S/C19H29N3O3/c1-12(2)14(4)21-16-8-6-7-15(13(16)3)19(24)22-9-10-25-17(11-22)18(23)20-5/h6-8,12,14,17,21H,9-11H2,1-5H3,(H,20,23). The number of anilines is 1. The molecule has 0 bridgehead atoms. The Morgan fingerprint density at radius 1 is 1.28 bits per heavy atom. The van der Waals surface area contributed by atoms with E-state index in [-0.39, 0.29) is 18.4 Å². The van der Waals surface area contributed by atoms with Gasteiger partial charge in [0.2, 0.25) is 0 Å². The smallest absolute Gasteiger partial charge is 0.254 e. The maximum absolute atomic E-state index is 13.0. The Kier molecular flexibility index (Phi) is 6.42. The number of morpholine rings is 1. The van der Waals surface area contributed by atoms with Crippen LogP contribution in [0.3, 0.4) is 0 Å². The van der Waals surface area contributed by atoms with Crippen molar-refractivity contribution in [3.05, 3.63) is 29.3 Å². The topological polar surface area (TPSA) is 70.7 Å². The minimum Gasteiger partial charge on any atom is -0.382 e. The molecule has 2 rings (SSSR count). The van der Waals surface area contributed by atoms with Crippen molar-refractivity contribution in [1.82, 2.24) is 10.2 Å². The molecule has 1 aliphatic rings. The van der Waals surface area contributed by atoms with Crippen LogP contribution in [0.15, 0.2) is 18.2 Å². The first-order chi connectivity index (χ1) is 11.8. The Bertz CT molecular complexity index is 630. The van der Waals surface area contributed by atoms with Crippen molar-refractivity contribution in [2.75, 3.05) is 32.1 Å². The quantitative estimate of drug-likeness (QED) is 0.855. The molecule has 0 aromatic heterocycles. The Hall–Kier alpha value is -2.08. The van der Waals surface area contributed by atoms with Gasteiger partial charge in [-0.3, -0.25) is 9.59 Å². The first kappa shape index (κ1) is 19.2. The van der Waals surface area contributed by atoms with Gasteiger partial charge in [0.25, 0.3) is 11.8 Å². The minimum absolute atomic E-state index is 0.0597. The number of nitrogens with zero attached hydrogens (tertiary/aromatic N) is 1. The third-order valence-electron chi connectivity index (χ3n) is 4.84. The van der Waals surface area contributed by atoms with Gasteiger partial charge < -0.3 is 20.3 Å². The molecule has 0 saturated carbocycles. The second-order valence-corrected chi connectivity index (χ2v) is 6.88. The van der Waals surface area contributed by atoms with Crippen LogP contribution >= 0.6 is 0 Å². The fourth-order valence-electron chi connectivity index (χ4n) is 2.76. The van der Waals surface area contributed by atoms with Crippen molar-refractivity contribution in [1.29, 1.82) is 0 Å². The Morgan fingerprint density at radius 3 is 2.64 bits per heavy atom. The summed E-state index contributed by atoms with van der Waals surface area (Å²) in [6.07, 6.45) is -0.606. The SMILES string of the molecule is CNC(=O)C1CN(C(=O)c2cccc(NC(C)C(C)C)c2C)CCO1.